The molecule has 0 amide bonds. The molecule has 0 spiro atoms. The highest BCUT2D eigenvalue weighted by Gasteiger charge is 2.11. The summed E-state index contributed by atoms with van der Waals surface area (Å²) in [5.74, 6) is 1.64. The molecule has 2 aromatic rings. The molecule has 1 aliphatic heterocycles. The topological polar surface area (TPSA) is 53.6 Å². The fraction of sp³-hybridized carbons (Fsp3) is 0.333. The van der Waals surface area contributed by atoms with Gasteiger partial charge in [0.15, 0.2) is 5.82 Å². The number of rotatable bonds is 1. The highest BCUT2D eigenvalue weighted by atomic mass is 15.2. The molecule has 2 N–H and O–H groups in total. The summed E-state index contributed by atoms with van der Waals surface area (Å²) in [4.78, 5) is 4.34. The predicted molar refractivity (Wildman–Crippen MR) is 63.4 cm³/mol. The lowest BCUT2D eigenvalue weighted by molar-refractivity contribution is 0.830. The second-order valence-corrected chi connectivity index (χ2v) is 4.15. The molecule has 82 valence electrons. The second-order valence-electron chi connectivity index (χ2n) is 4.15. The third-order valence-corrected chi connectivity index (χ3v) is 2.90. The first kappa shape index (κ1) is 9.39. The summed E-state index contributed by atoms with van der Waals surface area (Å²) < 4.78 is 0. The monoisotopic (exact) mass is 214 g/mol. The van der Waals surface area contributed by atoms with Gasteiger partial charge >= 0.3 is 0 Å². The van der Waals surface area contributed by atoms with Crippen LogP contribution < -0.4 is 5.32 Å². The zero-order valence-electron chi connectivity index (χ0n) is 9.25. The maximum absolute atomic E-state index is 4.34. The van der Waals surface area contributed by atoms with Crippen LogP contribution in [0.4, 0.5) is 5.69 Å². The molecule has 0 saturated carbocycles. The molecule has 1 aromatic heterocycles. The van der Waals surface area contributed by atoms with Gasteiger partial charge in [0, 0.05) is 17.8 Å². The fourth-order valence-corrected chi connectivity index (χ4v) is 2.09. The summed E-state index contributed by atoms with van der Waals surface area (Å²) in [6, 6.07) is 6.37. The van der Waals surface area contributed by atoms with E-state index in [0.717, 1.165) is 30.2 Å². The zero-order chi connectivity index (χ0) is 11.0. The summed E-state index contributed by atoms with van der Waals surface area (Å²) in [6.45, 7) is 2.99. The Bertz CT molecular complexity index is 515. The summed E-state index contributed by atoms with van der Waals surface area (Å²) in [5, 5.41) is 10.4. The molecule has 0 aliphatic carbocycles. The smallest absolute Gasteiger partial charge is 0.181 e. The molecule has 2 heterocycles. The maximum Gasteiger partial charge on any atom is 0.181 e. The van der Waals surface area contributed by atoms with Gasteiger partial charge in [0.25, 0.3) is 0 Å². The van der Waals surface area contributed by atoms with Gasteiger partial charge in [-0.3, -0.25) is 5.10 Å². The van der Waals surface area contributed by atoms with E-state index in [1.165, 1.54) is 17.7 Å². The van der Waals surface area contributed by atoms with E-state index in [1.807, 2.05) is 6.92 Å². The minimum Gasteiger partial charge on any atom is -0.385 e. The lowest BCUT2D eigenvalue weighted by atomic mass is 10.0. The van der Waals surface area contributed by atoms with Crippen molar-refractivity contribution >= 4 is 5.69 Å². The first-order valence-corrected chi connectivity index (χ1v) is 5.59. The number of hydrogen-bond acceptors (Lipinski definition) is 3. The van der Waals surface area contributed by atoms with Crippen molar-refractivity contribution in [2.45, 2.75) is 19.8 Å². The Labute approximate surface area is 94.1 Å². The van der Waals surface area contributed by atoms with Gasteiger partial charge in [0.1, 0.15) is 5.82 Å². The zero-order valence-corrected chi connectivity index (χ0v) is 9.25. The van der Waals surface area contributed by atoms with E-state index >= 15 is 0 Å². The number of nitrogens with one attached hydrogen (secondary N) is 2. The standard InChI is InChI=1S/C12H14N4/c1-8-14-12(16-15-8)10-4-5-11-9(7-10)3-2-6-13-11/h4-5,7,13H,2-3,6H2,1H3,(H,14,15,16). The molecule has 0 radical (unpaired) electrons. The Morgan fingerprint density at radius 1 is 1.31 bits per heavy atom. The van der Waals surface area contributed by atoms with Crippen LogP contribution in [-0.4, -0.2) is 21.7 Å². The largest absolute Gasteiger partial charge is 0.385 e. The van der Waals surface area contributed by atoms with Crippen molar-refractivity contribution in [2.24, 2.45) is 0 Å². The SMILES string of the molecule is Cc1nc(-c2ccc3c(c2)CCCN3)n[nH]1. The number of H-pyrrole nitrogens is 1. The molecular formula is C12H14N4. The van der Waals surface area contributed by atoms with Gasteiger partial charge in [-0.2, -0.15) is 5.10 Å². The van der Waals surface area contributed by atoms with Crippen molar-refractivity contribution < 1.29 is 0 Å². The Kier molecular flexibility index (Phi) is 2.13. The first-order chi connectivity index (χ1) is 7.83. The molecule has 0 bridgehead atoms. The number of nitrogens with zero attached hydrogens (tertiary/aromatic N) is 2. The molecule has 0 fully saturated rings. The number of benzene rings is 1. The number of aryl methyl sites for hydroxylation is 2. The molecule has 16 heavy (non-hydrogen) atoms. The molecule has 1 aliphatic rings. The highest BCUT2D eigenvalue weighted by Crippen LogP contribution is 2.26. The van der Waals surface area contributed by atoms with Gasteiger partial charge < -0.3 is 5.32 Å². The molecule has 0 saturated heterocycles. The van der Waals surface area contributed by atoms with E-state index < -0.39 is 0 Å². The molecule has 3 rings (SSSR count). The van der Waals surface area contributed by atoms with Gasteiger partial charge in [-0.1, -0.05) is 0 Å². The highest BCUT2D eigenvalue weighted by molar-refractivity contribution is 5.64. The predicted octanol–water partition coefficient (Wildman–Crippen LogP) is 2.14. The van der Waals surface area contributed by atoms with Crippen LogP contribution in [-0.2, 0) is 6.42 Å². The quantitative estimate of drug-likeness (QED) is 0.764. The van der Waals surface area contributed by atoms with E-state index in [1.54, 1.807) is 0 Å². The second kappa shape index (κ2) is 3.63. The van der Waals surface area contributed by atoms with E-state index in [0.29, 0.717) is 0 Å². The Hall–Kier alpha value is -1.84. The summed E-state index contributed by atoms with van der Waals surface area (Å²) in [5.41, 5.74) is 3.71. The van der Waals surface area contributed by atoms with Gasteiger partial charge in [0.2, 0.25) is 0 Å². The van der Waals surface area contributed by atoms with Crippen LogP contribution in [0.5, 0.6) is 0 Å². The van der Waals surface area contributed by atoms with E-state index in [2.05, 4.69) is 38.7 Å². The molecular weight excluding hydrogens is 200 g/mol. The summed E-state index contributed by atoms with van der Waals surface area (Å²) in [7, 11) is 0. The van der Waals surface area contributed by atoms with E-state index in [-0.39, 0.29) is 0 Å². The van der Waals surface area contributed by atoms with E-state index in [4.69, 9.17) is 0 Å². The van der Waals surface area contributed by atoms with Gasteiger partial charge in [0.05, 0.1) is 0 Å². The van der Waals surface area contributed by atoms with Crippen LogP contribution in [0, 0.1) is 6.92 Å². The molecule has 1 aromatic carbocycles. The minimum absolute atomic E-state index is 0.783. The number of aromatic nitrogens is 3. The summed E-state index contributed by atoms with van der Waals surface area (Å²) >= 11 is 0. The normalized spacial score (nSPS) is 14.3. The lowest BCUT2D eigenvalue weighted by Gasteiger charge is -2.18. The van der Waals surface area contributed by atoms with Crippen LogP contribution in [0.25, 0.3) is 11.4 Å². The van der Waals surface area contributed by atoms with Crippen molar-refractivity contribution in [2.75, 3.05) is 11.9 Å². The van der Waals surface area contributed by atoms with Crippen LogP contribution in [0.3, 0.4) is 0 Å². The number of aromatic amines is 1. The average Bonchev–Trinajstić information content (AvgIpc) is 2.75. The summed E-state index contributed by atoms with van der Waals surface area (Å²) in [6.07, 6.45) is 2.34. The van der Waals surface area contributed by atoms with Gasteiger partial charge in [-0.15, -0.1) is 0 Å². The minimum atomic E-state index is 0.783. The van der Waals surface area contributed by atoms with Crippen molar-refractivity contribution in [3.8, 4) is 11.4 Å². The van der Waals surface area contributed by atoms with Crippen LogP contribution >= 0.6 is 0 Å². The molecule has 0 atom stereocenters. The van der Waals surface area contributed by atoms with Crippen molar-refractivity contribution in [3.05, 3.63) is 29.6 Å². The Morgan fingerprint density at radius 3 is 3.06 bits per heavy atom. The first-order valence-electron chi connectivity index (χ1n) is 5.59. The number of fused-ring (bicyclic) bond motifs is 1. The fourth-order valence-electron chi connectivity index (χ4n) is 2.09. The molecule has 0 unspecified atom stereocenters. The lowest BCUT2D eigenvalue weighted by Crippen LogP contribution is -2.11. The van der Waals surface area contributed by atoms with Crippen molar-refractivity contribution in [1.82, 2.24) is 15.2 Å². The molecule has 4 nitrogen and oxygen atoms in total. The van der Waals surface area contributed by atoms with E-state index in [9.17, 15) is 0 Å². The van der Waals surface area contributed by atoms with Gasteiger partial charge in [-0.05, 0) is 43.5 Å². The number of anilines is 1. The third-order valence-electron chi connectivity index (χ3n) is 2.90. The average molecular weight is 214 g/mol. The molecule has 4 heteroatoms. The van der Waals surface area contributed by atoms with Crippen molar-refractivity contribution in [1.29, 1.82) is 0 Å². The van der Waals surface area contributed by atoms with Gasteiger partial charge in [-0.25, -0.2) is 4.98 Å². The van der Waals surface area contributed by atoms with Crippen LogP contribution in [0.15, 0.2) is 18.2 Å². The Morgan fingerprint density at radius 2 is 2.25 bits per heavy atom. The number of hydrogen-bond donors (Lipinski definition) is 2. The van der Waals surface area contributed by atoms with Crippen molar-refractivity contribution in [3.63, 3.8) is 0 Å². The Balaban J connectivity index is 2.02. The maximum atomic E-state index is 4.34. The van der Waals surface area contributed by atoms with Crippen LogP contribution in [0.1, 0.15) is 17.8 Å². The third kappa shape index (κ3) is 1.56. The van der Waals surface area contributed by atoms with Crippen LogP contribution in [0.2, 0.25) is 0 Å².